The van der Waals surface area contributed by atoms with Crippen molar-refractivity contribution in [2.75, 3.05) is 0 Å². The molecule has 7 heteroatoms. The SMILES string of the molecule is NC(=O)c1n[nH]nc1-c1cc(Br)cc(Br)c1. The lowest BCUT2D eigenvalue weighted by Crippen LogP contribution is -2.12. The molecule has 0 saturated carbocycles. The molecule has 0 atom stereocenters. The summed E-state index contributed by atoms with van der Waals surface area (Å²) in [5.41, 5.74) is 6.51. The van der Waals surface area contributed by atoms with Crippen LogP contribution in [0.5, 0.6) is 0 Å². The third-order valence-electron chi connectivity index (χ3n) is 1.92. The molecule has 0 aliphatic carbocycles. The highest BCUT2D eigenvalue weighted by molar-refractivity contribution is 9.11. The van der Waals surface area contributed by atoms with E-state index in [9.17, 15) is 4.79 Å². The minimum atomic E-state index is -0.611. The van der Waals surface area contributed by atoms with Crippen molar-refractivity contribution in [3.8, 4) is 11.3 Å². The molecular weight excluding hydrogens is 340 g/mol. The van der Waals surface area contributed by atoms with E-state index in [0.717, 1.165) is 14.5 Å². The van der Waals surface area contributed by atoms with E-state index in [1.807, 2.05) is 18.2 Å². The average molecular weight is 346 g/mol. The number of amides is 1. The number of carbonyl (C=O) groups is 1. The fraction of sp³-hybridized carbons (Fsp3) is 0. The van der Waals surface area contributed by atoms with Crippen LogP contribution in [0, 0.1) is 0 Å². The zero-order chi connectivity index (χ0) is 11.7. The molecule has 0 unspecified atom stereocenters. The van der Waals surface area contributed by atoms with Gasteiger partial charge < -0.3 is 5.73 Å². The molecule has 0 bridgehead atoms. The van der Waals surface area contributed by atoms with E-state index >= 15 is 0 Å². The first kappa shape index (κ1) is 11.3. The molecule has 2 rings (SSSR count). The Kier molecular flexibility index (Phi) is 3.06. The van der Waals surface area contributed by atoms with Crippen LogP contribution in [0.25, 0.3) is 11.3 Å². The number of hydrogen-bond donors (Lipinski definition) is 2. The van der Waals surface area contributed by atoms with Gasteiger partial charge in [0.15, 0.2) is 5.69 Å². The van der Waals surface area contributed by atoms with Gasteiger partial charge in [0.25, 0.3) is 5.91 Å². The molecule has 0 aliphatic heterocycles. The molecule has 82 valence electrons. The van der Waals surface area contributed by atoms with Crippen LogP contribution in [0.3, 0.4) is 0 Å². The number of rotatable bonds is 2. The number of halogens is 2. The molecule has 0 fully saturated rings. The smallest absolute Gasteiger partial charge is 0.271 e. The number of hydrogen-bond acceptors (Lipinski definition) is 3. The highest BCUT2D eigenvalue weighted by Gasteiger charge is 2.15. The first-order valence-corrected chi connectivity index (χ1v) is 5.83. The molecule has 0 spiro atoms. The Hall–Kier alpha value is -1.21. The van der Waals surface area contributed by atoms with Gasteiger partial charge in [0.05, 0.1) is 0 Å². The maximum atomic E-state index is 11.1. The van der Waals surface area contributed by atoms with Crippen LogP contribution in [0.2, 0.25) is 0 Å². The number of carbonyl (C=O) groups excluding carboxylic acids is 1. The van der Waals surface area contributed by atoms with E-state index in [4.69, 9.17) is 5.73 Å². The lowest BCUT2D eigenvalue weighted by Gasteiger charge is -2.00. The van der Waals surface area contributed by atoms with Crippen molar-refractivity contribution in [1.29, 1.82) is 0 Å². The van der Waals surface area contributed by atoms with Crippen LogP contribution < -0.4 is 5.73 Å². The summed E-state index contributed by atoms with van der Waals surface area (Å²) < 4.78 is 1.74. The summed E-state index contributed by atoms with van der Waals surface area (Å²) in [6.07, 6.45) is 0. The zero-order valence-corrected chi connectivity index (χ0v) is 11.0. The fourth-order valence-electron chi connectivity index (χ4n) is 1.29. The number of benzene rings is 1. The molecule has 0 aliphatic rings. The average Bonchev–Trinajstić information content (AvgIpc) is 2.63. The molecular formula is C9H6Br2N4O. The first-order chi connectivity index (χ1) is 7.58. The molecule has 3 N–H and O–H groups in total. The van der Waals surface area contributed by atoms with Crippen LogP contribution in [0.4, 0.5) is 0 Å². The number of primary amides is 1. The molecule has 1 aromatic carbocycles. The third kappa shape index (κ3) is 2.14. The fourth-order valence-corrected chi connectivity index (χ4v) is 2.59. The monoisotopic (exact) mass is 344 g/mol. The van der Waals surface area contributed by atoms with Crippen LogP contribution >= 0.6 is 31.9 Å². The maximum Gasteiger partial charge on any atom is 0.271 e. The van der Waals surface area contributed by atoms with Gasteiger partial charge in [-0.15, -0.1) is 0 Å². The summed E-state index contributed by atoms with van der Waals surface area (Å²) in [5, 5.41) is 10.0. The summed E-state index contributed by atoms with van der Waals surface area (Å²) in [7, 11) is 0. The first-order valence-electron chi connectivity index (χ1n) is 4.25. The predicted octanol–water partition coefficient (Wildman–Crippen LogP) is 2.10. The number of H-pyrrole nitrogens is 1. The lowest BCUT2D eigenvalue weighted by molar-refractivity contribution is 0.0996. The van der Waals surface area contributed by atoms with Gasteiger partial charge in [0.2, 0.25) is 0 Å². The molecule has 0 radical (unpaired) electrons. The van der Waals surface area contributed by atoms with E-state index in [1.165, 1.54) is 0 Å². The van der Waals surface area contributed by atoms with Crippen LogP contribution in [0.15, 0.2) is 27.1 Å². The van der Waals surface area contributed by atoms with E-state index in [2.05, 4.69) is 47.3 Å². The normalized spacial score (nSPS) is 10.4. The van der Waals surface area contributed by atoms with Crippen molar-refractivity contribution in [2.24, 2.45) is 5.73 Å². The Bertz CT molecular complexity index is 532. The van der Waals surface area contributed by atoms with E-state index in [-0.39, 0.29) is 5.69 Å². The number of nitrogens with one attached hydrogen (secondary N) is 1. The summed E-state index contributed by atoms with van der Waals surface area (Å²) in [5.74, 6) is -0.611. The van der Waals surface area contributed by atoms with E-state index in [0.29, 0.717) is 5.69 Å². The van der Waals surface area contributed by atoms with Crippen molar-refractivity contribution < 1.29 is 4.79 Å². The minimum absolute atomic E-state index is 0.130. The van der Waals surface area contributed by atoms with Gasteiger partial charge in [0.1, 0.15) is 5.69 Å². The Morgan fingerprint density at radius 1 is 1.19 bits per heavy atom. The van der Waals surface area contributed by atoms with Gasteiger partial charge in [-0.1, -0.05) is 31.9 Å². The van der Waals surface area contributed by atoms with Gasteiger partial charge in [-0.05, 0) is 18.2 Å². The van der Waals surface area contributed by atoms with Crippen LogP contribution in [0.1, 0.15) is 10.5 Å². The van der Waals surface area contributed by atoms with Gasteiger partial charge in [-0.3, -0.25) is 4.79 Å². The predicted molar refractivity (Wildman–Crippen MR) is 65.7 cm³/mol. The summed E-state index contributed by atoms with van der Waals surface area (Å²) in [6.45, 7) is 0. The molecule has 16 heavy (non-hydrogen) atoms. The summed E-state index contributed by atoms with van der Waals surface area (Å²) >= 11 is 6.71. The molecule has 1 amide bonds. The quantitative estimate of drug-likeness (QED) is 0.874. The van der Waals surface area contributed by atoms with Crippen LogP contribution in [-0.4, -0.2) is 21.3 Å². The van der Waals surface area contributed by atoms with Crippen molar-refractivity contribution >= 4 is 37.8 Å². The van der Waals surface area contributed by atoms with Gasteiger partial charge in [-0.25, -0.2) is 0 Å². The van der Waals surface area contributed by atoms with Crippen molar-refractivity contribution in [2.45, 2.75) is 0 Å². The Morgan fingerprint density at radius 3 is 2.38 bits per heavy atom. The largest absolute Gasteiger partial charge is 0.364 e. The highest BCUT2D eigenvalue weighted by Crippen LogP contribution is 2.27. The minimum Gasteiger partial charge on any atom is -0.364 e. The molecule has 1 aromatic heterocycles. The molecule has 0 saturated heterocycles. The molecule has 2 aromatic rings. The van der Waals surface area contributed by atoms with Crippen molar-refractivity contribution in [3.63, 3.8) is 0 Å². The van der Waals surface area contributed by atoms with Gasteiger partial charge in [0, 0.05) is 14.5 Å². The second-order valence-electron chi connectivity index (χ2n) is 3.04. The number of aromatic amines is 1. The molecule has 1 heterocycles. The summed E-state index contributed by atoms with van der Waals surface area (Å²) in [6, 6.07) is 5.54. The Balaban J connectivity index is 2.58. The van der Waals surface area contributed by atoms with Crippen molar-refractivity contribution in [1.82, 2.24) is 15.4 Å². The standard InChI is InChI=1S/C9H6Br2N4O/c10-5-1-4(2-6(11)3-5)7-8(9(12)16)14-15-13-7/h1-3H,(H2,12,16)(H,13,14,15). The number of nitrogens with zero attached hydrogens (tertiary/aromatic N) is 2. The molecule has 5 nitrogen and oxygen atoms in total. The van der Waals surface area contributed by atoms with Gasteiger partial charge in [-0.2, -0.15) is 15.4 Å². The Labute approximate surface area is 108 Å². The van der Waals surface area contributed by atoms with Gasteiger partial charge >= 0.3 is 0 Å². The van der Waals surface area contributed by atoms with E-state index in [1.54, 1.807) is 0 Å². The van der Waals surface area contributed by atoms with Crippen LogP contribution in [-0.2, 0) is 0 Å². The highest BCUT2D eigenvalue weighted by atomic mass is 79.9. The second kappa shape index (κ2) is 4.34. The van der Waals surface area contributed by atoms with Crippen molar-refractivity contribution in [3.05, 3.63) is 32.8 Å². The maximum absolute atomic E-state index is 11.1. The van der Waals surface area contributed by atoms with E-state index < -0.39 is 5.91 Å². The Morgan fingerprint density at radius 2 is 1.81 bits per heavy atom. The zero-order valence-electron chi connectivity index (χ0n) is 7.87. The number of aromatic nitrogens is 3. The second-order valence-corrected chi connectivity index (χ2v) is 4.87. The third-order valence-corrected chi connectivity index (χ3v) is 2.83. The summed E-state index contributed by atoms with van der Waals surface area (Å²) in [4.78, 5) is 11.1. The topological polar surface area (TPSA) is 84.7 Å². The lowest BCUT2D eigenvalue weighted by atomic mass is 10.1. The number of nitrogens with two attached hydrogens (primary N) is 1.